The molecule has 4 saturated heterocycles. The summed E-state index contributed by atoms with van der Waals surface area (Å²) in [6, 6.07) is 0. The van der Waals surface area contributed by atoms with E-state index in [9.17, 15) is 71.5 Å². The van der Waals surface area contributed by atoms with Crippen molar-refractivity contribution in [1.29, 1.82) is 0 Å². The SMILES string of the molecule is OC[C@H]1O[C@@H](O)[C@@H](O)[C@@H](O)C1O[C@@H]1O[C@H](CO)[C@@H](O[C@@H]2O[C@H](CO)[C@@H](O[C@@H]3O[C@H](CO)[C@@H](O)[C@H](O)[C@@H]3O)[C@H](O)[C@H]2O)[C@H](O)[C@@H]1O. The normalized spacial score (nSPS) is 52.9. The molecule has 0 spiro atoms. The van der Waals surface area contributed by atoms with Gasteiger partial charge in [-0.15, -0.1) is 0 Å². The van der Waals surface area contributed by atoms with E-state index in [4.69, 9.17) is 33.2 Å². The van der Waals surface area contributed by atoms with Crippen LogP contribution in [0.1, 0.15) is 0 Å². The van der Waals surface area contributed by atoms with Gasteiger partial charge in [-0.1, -0.05) is 0 Å². The number of rotatable bonds is 10. The first-order chi connectivity index (χ1) is 21.3. The van der Waals surface area contributed by atoms with Crippen molar-refractivity contribution in [2.45, 2.75) is 123 Å². The van der Waals surface area contributed by atoms with Crippen molar-refractivity contribution < 1.29 is 105 Å². The molecule has 0 aromatic rings. The van der Waals surface area contributed by atoms with Crippen LogP contribution in [0.3, 0.4) is 0 Å². The standard InChI is InChI=1S/C24H42O21/c25-1-5-9(29)10(30)15(35)22(40-5)44-19-7(3-27)42-24(17(37)12(19)32)45-20-8(4-28)41-23(16(36)13(20)33)43-18-6(2-26)39-21(38)14(34)11(18)31/h5-38H,1-4H2/t5-,6-,7-,8-,9-,10+,11-,12-,13-,14+,15+,16+,17-,18?,19-,20-,21-,22+,23+,24+/m1/s1. The smallest absolute Gasteiger partial charge is 0.187 e. The maximum absolute atomic E-state index is 10.9. The van der Waals surface area contributed by atoms with Crippen molar-refractivity contribution in [2.24, 2.45) is 0 Å². The second-order valence-electron chi connectivity index (χ2n) is 11.1. The predicted octanol–water partition coefficient (Wildman–Crippen LogP) is -9.75. The predicted molar refractivity (Wildman–Crippen MR) is 134 cm³/mol. The Labute approximate surface area is 254 Å². The second-order valence-corrected chi connectivity index (χ2v) is 11.1. The van der Waals surface area contributed by atoms with Gasteiger partial charge in [-0.2, -0.15) is 0 Å². The zero-order chi connectivity index (χ0) is 33.3. The highest BCUT2D eigenvalue weighted by Crippen LogP contribution is 2.34. The van der Waals surface area contributed by atoms with Gasteiger partial charge in [0.05, 0.1) is 26.4 Å². The largest absolute Gasteiger partial charge is 0.394 e. The van der Waals surface area contributed by atoms with Crippen LogP contribution in [-0.4, -0.2) is 221 Å². The van der Waals surface area contributed by atoms with Crippen LogP contribution in [-0.2, 0) is 33.2 Å². The zero-order valence-electron chi connectivity index (χ0n) is 23.5. The Balaban J connectivity index is 1.43. The molecule has 4 heterocycles. The number of ether oxygens (including phenoxy) is 7. The van der Waals surface area contributed by atoms with Crippen LogP contribution in [0, 0.1) is 0 Å². The molecule has 264 valence electrons. The Morgan fingerprint density at radius 1 is 0.333 bits per heavy atom. The molecule has 21 heteroatoms. The van der Waals surface area contributed by atoms with Gasteiger partial charge in [0.25, 0.3) is 0 Å². The summed E-state index contributed by atoms with van der Waals surface area (Å²) in [5.41, 5.74) is 0. The molecule has 0 aliphatic carbocycles. The van der Waals surface area contributed by atoms with Crippen LogP contribution in [0.2, 0.25) is 0 Å². The summed E-state index contributed by atoms with van der Waals surface area (Å²) in [5, 5.41) is 142. The van der Waals surface area contributed by atoms with Crippen molar-refractivity contribution in [2.75, 3.05) is 26.4 Å². The third kappa shape index (κ3) is 7.44. The third-order valence-corrected chi connectivity index (χ3v) is 8.20. The molecule has 0 radical (unpaired) electrons. The van der Waals surface area contributed by atoms with E-state index in [1.54, 1.807) is 0 Å². The lowest BCUT2D eigenvalue weighted by Gasteiger charge is -2.49. The Kier molecular flexibility index (Phi) is 12.8. The monoisotopic (exact) mass is 666 g/mol. The fourth-order valence-electron chi connectivity index (χ4n) is 5.55. The molecule has 0 bridgehead atoms. The molecule has 0 saturated carbocycles. The Morgan fingerprint density at radius 3 is 1.02 bits per heavy atom. The number of aliphatic hydroxyl groups is 14. The van der Waals surface area contributed by atoms with E-state index in [-0.39, 0.29) is 0 Å². The lowest BCUT2D eigenvalue weighted by Crippen LogP contribution is -2.67. The first-order valence-corrected chi connectivity index (χ1v) is 14.1. The Morgan fingerprint density at radius 2 is 0.644 bits per heavy atom. The van der Waals surface area contributed by atoms with Crippen LogP contribution in [0.25, 0.3) is 0 Å². The maximum Gasteiger partial charge on any atom is 0.187 e. The minimum Gasteiger partial charge on any atom is -0.394 e. The summed E-state index contributed by atoms with van der Waals surface area (Å²) >= 11 is 0. The van der Waals surface area contributed by atoms with Gasteiger partial charge >= 0.3 is 0 Å². The van der Waals surface area contributed by atoms with E-state index >= 15 is 0 Å². The lowest BCUT2D eigenvalue weighted by molar-refractivity contribution is -0.387. The van der Waals surface area contributed by atoms with Gasteiger partial charge in [-0.25, -0.2) is 0 Å². The molecule has 0 amide bonds. The average molecular weight is 667 g/mol. The van der Waals surface area contributed by atoms with Gasteiger partial charge in [0, 0.05) is 0 Å². The lowest BCUT2D eigenvalue weighted by atomic mass is 9.95. The van der Waals surface area contributed by atoms with Gasteiger partial charge < -0.3 is 105 Å². The fraction of sp³-hybridized carbons (Fsp3) is 1.00. The summed E-state index contributed by atoms with van der Waals surface area (Å²) < 4.78 is 37.7. The van der Waals surface area contributed by atoms with Gasteiger partial charge in [0.2, 0.25) is 0 Å². The van der Waals surface area contributed by atoms with Crippen molar-refractivity contribution in [3.05, 3.63) is 0 Å². The molecule has 0 aromatic carbocycles. The summed E-state index contributed by atoms with van der Waals surface area (Å²) in [5.74, 6) is 0. The van der Waals surface area contributed by atoms with Gasteiger partial charge in [0.1, 0.15) is 97.7 Å². The highest BCUT2D eigenvalue weighted by Gasteiger charge is 2.55. The third-order valence-electron chi connectivity index (χ3n) is 8.20. The summed E-state index contributed by atoms with van der Waals surface area (Å²) in [4.78, 5) is 0. The highest BCUT2D eigenvalue weighted by molar-refractivity contribution is 4.97. The van der Waals surface area contributed by atoms with Crippen molar-refractivity contribution >= 4 is 0 Å². The molecule has 4 aliphatic rings. The molecule has 4 aliphatic heterocycles. The Bertz CT molecular complexity index is 910. The van der Waals surface area contributed by atoms with Crippen molar-refractivity contribution in [3.8, 4) is 0 Å². The number of hydrogen-bond donors (Lipinski definition) is 14. The average Bonchev–Trinajstić information content (AvgIpc) is 3.03. The van der Waals surface area contributed by atoms with E-state index in [0.717, 1.165) is 0 Å². The second kappa shape index (κ2) is 15.6. The van der Waals surface area contributed by atoms with Crippen LogP contribution in [0.4, 0.5) is 0 Å². The molecule has 4 fully saturated rings. The molecule has 20 atom stereocenters. The molecular weight excluding hydrogens is 624 g/mol. The minimum absolute atomic E-state index is 0.784. The van der Waals surface area contributed by atoms with E-state index in [0.29, 0.717) is 0 Å². The topological polar surface area (TPSA) is 348 Å². The van der Waals surface area contributed by atoms with E-state index in [1.807, 2.05) is 0 Å². The van der Waals surface area contributed by atoms with Crippen LogP contribution in [0.5, 0.6) is 0 Å². The quantitative estimate of drug-likeness (QED) is 0.103. The minimum atomic E-state index is -2.02. The summed E-state index contributed by atoms with van der Waals surface area (Å²) in [6.07, 6.45) is -35.3. The van der Waals surface area contributed by atoms with E-state index in [2.05, 4.69) is 0 Å². The zero-order valence-corrected chi connectivity index (χ0v) is 23.5. The number of hydrogen-bond acceptors (Lipinski definition) is 21. The number of aliphatic hydroxyl groups excluding tert-OH is 14. The van der Waals surface area contributed by atoms with Crippen LogP contribution < -0.4 is 0 Å². The first kappa shape index (κ1) is 37.0. The Hall–Kier alpha value is -0.840. The summed E-state index contributed by atoms with van der Waals surface area (Å²) in [6.45, 7) is -3.39. The molecule has 45 heavy (non-hydrogen) atoms. The first-order valence-electron chi connectivity index (χ1n) is 14.1. The maximum atomic E-state index is 10.9. The molecule has 1 unspecified atom stereocenters. The molecule has 14 N–H and O–H groups in total. The van der Waals surface area contributed by atoms with E-state index in [1.165, 1.54) is 0 Å². The fourth-order valence-corrected chi connectivity index (χ4v) is 5.55. The highest BCUT2D eigenvalue weighted by atomic mass is 16.8. The van der Waals surface area contributed by atoms with Crippen LogP contribution >= 0.6 is 0 Å². The molecule has 0 aromatic heterocycles. The molecule has 4 rings (SSSR count). The van der Waals surface area contributed by atoms with Crippen LogP contribution in [0.15, 0.2) is 0 Å². The summed E-state index contributed by atoms with van der Waals surface area (Å²) in [7, 11) is 0. The van der Waals surface area contributed by atoms with Gasteiger partial charge in [-0.3, -0.25) is 0 Å². The van der Waals surface area contributed by atoms with E-state index < -0.39 is 149 Å². The van der Waals surface area contributed by atoms with Gasteiger partial charge in [-0.05, 0) is 0 Å². The van der Waals surface area contributed by atoms with Crippen molar-refractivity contribution in [1.82, 2.24) is 0 Å². The van der Waals surface area contributed by atoms with Gasteiger partial charge in [0.15, 0.2) is 25.2 Å². The van der Waals surface area contributed by atoms with Crippen molar-refractivity contribution in [3.63, 3.8) is 0 Å². The molecular formula is C24H42O21. The molecule has 21 nitrogen and oxygen atoms in total.